The summed E-state index contributed by atoms with van der Waals surface area (Å²) in [6.07, 6.45) is 2.65. The molecule has 0 fully saturated rings. The van der Waals surface area contributed by atoms with Crippen molar-refractivity contribution < 1.29 is 47.8 Å². The third-order valence-corrected chi connectivity index (χ3v) is 34.4. The average molecular weight is 886 g/mol. The molecule has 0 heterocycles. The summed E-state index contributed by atoms with van der Waals surface area (Å²) in [5.74, 6) is 0. The zero-order valence-electron chi connectivity index (χ0n) is 37.1. The number of methoxy groups -OCH3 is 2. The quantitative estimate of drug-likeness (QED) is 0.0475. The Balaban J connectivity index is -0.000000804. The minimum absolute atomic E-state index is 0.614. The molecule has 51 heavy (non-hydrogen) atoms. The van der Waals surface area contributed by atoms with Crippen LogP contribution in [0.1, 0.15) is 6.42 Å². The molecule has 20 heteroatoms. The van der Waals surface area contributed by atoms with Crippen molar-refractivity contribution in [2.45, 2.75) is 137 Å². The van der Waals surface area contributed by atoms with Gasteiger partial charge in [0, 0.05) is 20.8 Å². The van der Waals surface area contributed by atoms with E-state index in [0.717, 1.165) is 12.5 Å². The van der Waals surface area contributed by atoms with Gasteiger partial charge in [-0.15, -0.1) is 6.58 Å². The van der Waals surface area contributed by atoms with Crippen molar-refractivity contribution in [1.29, 1.82) is 0 Å². The van der Waals surface area contributed by atoms with E-state index in [0.29, 0.717) is 39.6 Å². The van der Waals surface area contributed by atoms with Crippen molar-refractivity contribution in [3.63, 3.8) is 0 Å². The summed E-state index contributed by atoms with van der Waals surface area (Å²) >= 11 is 0. The summed E-state index contributed by atoms with van der Waals surface area (Å²) in [4.78, 5) is 0. The van der Waals surface area contributed by atoms with Crippen LogP contribution >= 0.6 is 0 Å². The van der Waals surface area contributed by atoms with E-state index in [2.05, 4.69) is 131 Å². The topological polar surface area (TPSA) is 102 Å². The molecule has 0 bridgehead atoms. The molecular weight excluding hydrogens is 801 g/mol. The lowest BCUT2D eigenvalue weighted by Gasteiger charge is -2.38. The molecule has 0 aromatic rings. The summed E-state index contributed by atoms with van der Waals surface area (Å²) in [7, 11) is -12.8. The highest BCUT2D eigenvalue weighted by atomic mass is 28.5. The van der Waals surface area contributed by atoms with Crippen LogP contribution < -0.4 is 0 Å². The Morgan fingerprint density at radius 2 is 0.863 bits per heavy atom. The Morgan fingerprint density at radius 1 is 0.471 bits per heavy atom. The second-order valence-electron chi connectivity index (χ2n) is 17.4. The molecule has 0 spiro atoms. The lowest BCUT2D eigenvalue weighted by molar-refractivity contribution is 0.0703. The van der Waals surface area contributed by atoms with E-state index in [4.69, 9.17) is 47.8 Å². The van der Waals surface area contributed by atoms with E-state index in [1.807, 2.05) is 0 Å². The van der Waals surface area contributed by atoms with Crippen molar-refractivity contribution in [1.82, 2.24) is 0 Å². The molecule has 11 nitrogen and oxygen atoms in total. The number of ether oxygens (including phenoxy) is 4. The summed E-state index contributed by atoms with van der Waals surface area (Å²) in [5, 5.41) is 0. The Morgan fingerprint density at radius 3 is 1.22 bits per heavy atom. The predicted octanol–water partition coefficient (Wildman–Crippen LogP) is 8.49. The van der Waals surface area contributed by atoms with Crippen LogP contribution in [-0.2, 0) is 47.8 Å². The van der Waals surface area contributed by atoms with Gasteiger partial charge in [-0.3, -0.25) is 0 Å². The van der Waals surface area contributed by atoms with Crippen LogP contribution in [0.15, 0.2) is 12.7 Å². The lowest BCUT2D eigenvalue weighted by Crippen LogP contribution is -2.54. The molecule has 0 aliphatic rings. The first-order valence-electron chi connectivity index (χ1n) is 18.4. The zero-order valence-corrected chi connectivity index (χ0v) is 46.4. The maximum atomic E-state index is 6.55. The molecule has 0 saturated heterocycles. The van der Waals surface area contributed by atoms with Gasteiger partial charge in [0.1, 0.15) is 0 Å². The van der Waals surface area contributed by atoms with Gasteiger partial charge in [-0.2, -0.15) is 0 Å². The minimum Gasteiger partial charge on any atom is -0.439 e. The number of hydrogen-bond donors (Lipinski definition) is 0. The van der Waals surface area contributed by atoms with Crippen molar-refractivity contribution in [2.24, 2.45) is 0 Å². The molecule has 3 unspecified atom stereocenters. The standard InChI is InChI=1S/C16H44O6Si5.C9H28O3Si4.C6H12O2/c1-17-14-15-18-13-12-16-27(11,22-25(6,7)8)20-23(2)19-26(9,10)21-24(3,4)5;1-13(10-14(2,3)4)11-16(8,9)12-15(5,6)7;1-3-4-8-6-5-7-2/h23H,12-16H2,1-11H3;13H,1-9H3;3H,1,4-6H2,2H3. The summed E-state index contributed by atoms with van der Waals surface area (Å²) in [5.41, 5.74) is 0. The first kappa shape index (κ1) is 56.6. The lowest BCUT2D eigenvalue weighted by atomic mass is 10.5. The maximum Gasteiger partial charge on any atom is 0.315 e. The third-order valence-electron chi connectivity index (χ3n) is 5.48. The van der Waals surface area contributed by atoms with Gasteiger partial charge in [0.05, 0.1) is 33.0 Å². The third kappa shape index (κ3) is 43.8. The molecule has 310 valence electrons. The van der Waals surface area contributed by atoms with Crippen LogP contribution in [0, 0.1) is 0 Å². The monoisotopic (exact) mass is 884 g/mol. The van der Waals surface area contributed by atoms with Crippen LogP contribution in [0.5, 0.6) is 0 Å². The second kappa shape index (κ2) is 27.0. The predicted molar refractivity (Wildman–Crippen MR) is 239 cm³/mol. The van der Waals surface area contributed by atoms with E-state index < -0.39 is 77.5 Å². The van der Waals surface area contributed by atoms with E-state index in [1.54, 1.807) is 20.3 Å². The number of rotatable bonds is 26. The van der Waals surface area contributed by atoms with Gasteiger partial charge in [-0.25, -0.2) is 0 Å². The largest absolute Gasteiger partial charge is 0.439 e. The first-order valence-corrected chi connectivity index (χ1v) is 44.3. The fraction of sp³-hybridized carbons (Fsp3) is 0.935. The molecule has 0 aromatic carbocycles. The highest BCUT2D eigenvalue weighted by Gasteiger charge is 2.41. The molecule has 0 N–H and O–H groups in total. The van der Waals surface area contributed by atoms with Gasteiger partial charge in [-0.1, -0.05) is 6.08 Å². The normalized spacial score (nSPS) is 15.5. The van der Waals surface area contributed by atoms with Gasteiger partial charge in [0.2, 0.25) is 0 Å². The van der Waals surface area contributed by atoms with Gasteiger partial charge >= 0.3 is 35.0 Å². The first-order chi connectivity index (χ1) is 22.8. The van der Waals surface area contributed by atoms with E-state index in [9.17, 15) is 0 Å². The van der Waals surface area contributed by atoms with Crippen LogP contribution in [0.4, 0.5) is 0 Å². The van der Waals surface area contributed by atoms with E-state index in [1.165, 1.54) is 0 Å². The SMILES string of the molecule is C=CCOCCOC.COCCOCCC[Si](C)(O[SiH](C)O[Si](C)(C)O[Si](C)(C)C)O[Si](C)(C)C.C[SiH](O[Si](C)(C)C)O[Si](C)(C)O[Si](C)(C)C. The number of hydrogen-bond acceptors (Lipinski definition) is 11. The average Bonchev–Trinajstić information content (AvgIpc) is 2.83. The van der Waals surface area contributed by atoms with Gasteiger partial charge in [-0.05, 0) is 137 Å². The van der Waals surface area contributed by atoms with Crippen molar-refractivity contribution in [2.75, 3.05) is 53.9 Å². The summed E-state index contributed by atoms with van der Waals surface area (Å²) in [6.45, 7) is 48.8. The molecule has 0 aromatic heterocycles. The van der Waals surface area contributed by atoms with Crippen LogP contribution in [-0.4, -0.2) is 131 Å². The molecule has 3 atom stereocenters. The summed E-state index contributed by atoms with van der Waals surface area (Å²) < 4.78 is 64.4. The molecule has 0 amide bonds. The Kier molecular flexibility index (Phi) is 29.9. The van der Waals surface area contributed by atoms with Gasteiger partial charge in [0.15, 0.2) is 33.3 Å². The van der Waals surface area contributed by atoms with Crippen LogP contribution in [0.25, 0.3) is 0 Å². The molecule has 0 radical (unpaired) electrons. The Hall–Kier alpha value is 1.25. The maximum absolute atomic E-state index is 6.55. The smallest absolute Gasteiger partial charge is 0.315 e. The van der Waals surface area contributed by atoms with Gasteiger partial charge < -0.3 is 47.8 Å². The molecule has 0 saturated carbocycles. The van der Waals surface area contributed by atoms with E-state index >= 15 is 0 Å². The minimum atomic E-state index is -2.31. The van der Waals surface area contributed by atoms with Crippen LogP contribution in [0.3, 0.4) is 0 Å². The molecule has 0 aliphatic heterocycles. The van der Waals surface area contributed by atoms with Gasteiger partial charge in [0.25, 0.3) is 9.28 Å². The van der Waals surface area contributed by atoms with Crippen molar-refractivity contribution in [3.8, 4) is 0 Å². The summed E-state index contributed by atoms with van der Waals surface area (Å²) in [6, 6.07) is 0.918. The van der Waals surface area contributed by atoms with Crippen molar-refractivity contribution >= 4 is 77.5 Å². The highest BCUT2D eigenvalue weighted by molar-refractivity contribution is 6.87. The molecule has 0 rings (SSSR count). The van der Waals surface area contributed by atoms with Crippen molar-refractivity contribution in [3.05, 3.63) is 12.7 Å². The Bertz CT molecular complexity index is 879. The zero-order chi connectivity index (χ0) is 40.8. The highest BCUT2D eigenvalue weighted by Crippen LogP contribution is 2.25. The second-order valence-corrected chi connectivity index (χ2v) is 51.1. The molecule has 0 aliphatic carbocycles. The fourth-order valence-corrected chi connectivity index (χ4v) is 40.0. The fourth-order valence-electron chi connectivity index (χ4n) is 5.05. The Labute approximate surface area is 327 Å². The molecular formula is C31H84O11Si9. The van der Waals surface area contributed by atoms with E-state index in [-0.39, 0.29) is 0 Å². The van der Waals surface area contributed by atoms with Crippen LogP contribution in [0.2, 0.25) is 130 Å².